The Morgan fingerprint density at radius 3 is 3.00 bits per heavy atom. The Labute approximate surface area is 59.1 Å². The summed E-state index contributed by atoms with van der Waals surface area (Å²) in [6.45, 7) is 0. The molecule has 0 saturated heterocycles. The van der Waals surface area contributed by atoms with E-state index in [1.807, 2.05) is 0 Å². The number of nitrogens with one attached hydrogen (secondary N) is 1. The molecule has 0 unspecified atom stereocenters. The van der Waals surface area contributed by atoms with Gasteiger partial charge in [0, 0.05) is 18.3 Å². The van der Waals surface area contributed by atoms with Gasteiger partial charge in [0.05, 0.1) is 11.9 Å². The first kappa shape index (κ1) is 5.92. The highest BCUT2D eigenvalue weighted by molar-refractivity contribution is 5.06. The Balaban J connectivity index is 2.04. The second-order valence-electron chi connectivity index (χ2n) is 2.98. The van der Waals surface area contributed by atoms with Crippen LogP contribution in [0.2, 0.25) is 0 Å². The predicted molar refractivity (Wildman–Crippen MR) is 36.5 cm³/mol. The number of rotatable bonds is 2. The van der Waals surface area contributed by atoms with Crippen LogP contribution in [-0.4, -0.2) is 20.7 Å². The molecule has 0 spiro atoms. The first-order valence-electron chi connectivity index (χ1n) is 3.48. The van der Waals surface area contributed by atoms with Crippen LogP contribution in [0.25, 0.3) is 0 Å². The van der Waals surface area contributed by atoms with E-state index in [-0.39, 0.29) is 0 Å². The van der Waals surface area contributed by atoms with Crippen molar-refractivity contribution in [2.45, 2.75) is 24.9 Å². The molecule has 1 heterocycles. The van der Waals surface area contributed by atoms with Crippen LogP contribution in [0.15, 0.2) is 12.5 Å². The van der Waals surface area contributed by atoms with Gasteiger partial charge in [-0.15, -0.1) is 0 Å². The van der Waals surface area contributed by atoms with Crippen molar-refractivity contribution in [1.82, 2.24) is 9.97 Å². The standard InChI is InChI=1S/C7H10N2O/c10-7(1-2-7)3-6-4-8-5-9-6/h4-5,10H,1-3H2,(H,8,9). The van der Waals surface area contributed by atoms with Gasteiger partial charge in [0.2, 0.25) is 0 Å². The van der Waals surface area contributed by atoms with Gasteiger partial charge in [0.25, 0.3) is 0 Å². The lowest BCUT2D eigenvalue weighted by Crippen LogP contribution is -2.10. The second kappa shape index (κ2) is 1.83. The Morgan fingerprint density at radius 1 is 1.70 bits per heavy atom. The maximum absolute atomic E-state index is 9.45. The zero-order chi connectivity index (χ0) is 7.03. The van der Waals surface area contributed by atoms with Crippen LogP contribution < -0.4 is 0 Å². The van der Waals surface area contributed by atoms with Gasteiger partial charge in [-0.2, -0.15) is 0 Å². The van der Waals surface area contributed by atoms with Crippen LogP contribution in [0.1, 0.15) is 18.5 Å². The van der Waals surface area contributed by atoms with E-state index in [4.69, 9.17) is 0 Å². The second-order valence-corrected chi connectivity index (χ2v) is 2.98. The van der Waals surface area contributed by atoms with Crippen molar-refractivity contribution >= 4 is 0 Å². The number of aliphatic hydroxyl groups is 1. The largest absolute Gasteiger partial charge is 0.389 e. The summed E-state index contributed by atoms with van der Waals surface area (Å²) in [5.74, 6) is 0. The van der Waals surface area contributed by atoms with Crippen LogP contribution in [0.5, 0.6) is 0 Å². The highest BCUT2D eigenvalue weighted by Gasteiger charge is 2.40. The van der Waals surface area contributed by atoms with Crippen LogP contribution in [0, 0.1) is 0 Å². The molecule has 1 aromatic rings. The van der Waals surface area contributed by atoms with Crippen LogP contribution in [0.3, 0.4) is 0 Å². The molecule has 3 nitrogen and oxygen atoms in total. The summed E-state index contributed by atoms with van der Waals surface area (Å²) in [5.41, 5.74) is 0.631. The van der Waals surface area contributed by atoms with Gasteiger partial charge in [-0.25, -0.2) is 4.98 Å². The van der Waals surface area contributed by atoms with Crippen molar-refractivity contribution in [1.29, 1.82) is 0 Å². The summed E-state index contributed by atoms with van der Waals surface area (Å²) in [5, 5.41) is 9.45. The van der Waals surface area contributed by atoms with Gasteiger partial charge in [0.1, 0.15) is 0 Å². The minimum atomic E-state index is -0.396. The fraction of sp³-hybridized carbons (Fsp3) is 0.571. The number of aromatic nitrogens is 2. The third-order valence-electron chi connectivity index (χ3n) is 1.90. The molecular formula is C7H10N2O. The molecule has 0 radical (unpaired) electrons. The molecule has 0 bridgehead atoms. The van der Waals surface area contributed by atoms with E-state index >= 15 is 0 Å². The van der Waals surface area contributed by atoms with Gasteiger partial charge >= 0.3 is 0 Å². The maximum atomic E-state index is 9.45. The molecule has 2 rings (SSSR count). The summed E-state index contributed by atoms with van der Waals surface area (Å²) in [6.07, 6.45) is 6.00. The highest BCUT2D eigenvalue weighted by atomic mass is 16.3. The maximum Gasteiger partial charge on any atom is 0.0921 e. The summed E-state index contributed by atoms with van der Waals surface area (Å²) in [6, 6.07) is 0. The molecule has 1 aromatic heterocycles. The van der Waals surface area contributed by atoms with Crippen molar-refractivity contribution < 1.29 is 5.11 Å². The molecule has 0 aliphatic heterocycles. The lowest BCUT2D eigenvalue weighted by Gasteiger charge is -2.02. The summed E-state index contributed by atoms with van der Waals surface area (Å²) in [4.78, 5) is 6.83. The molecule has 3 heteroatoms. The van der Waals surface area contributed by atoms with E-state index in [1.165, 1.54) is 0 Å². The summed E-state index contributed by atoms with van der Waals surface area (Å²) < 4.78 is 0. The van der Waals surface area contributed by atoms with E-state index in [2.05, 4.69) is 9.97 Å². The third-order valence-corrected chi connectivity index (χ3v) is 1.90. The molecule has 54 valence electrons. The minimum absolute atomic E-state index is 0.396. The Bertz CT molecular complexity index is 214. The molecule has 10 heavy (non-hydrogen) atoms. The molecule has 0 aromatic carbocycles. The van der Waals surface area contributed by atoms with Crippen LogP contribution in [-0.2, 0) is 6.42 Å². The fourth-order valence-electron chi connectivity index (χ4n) is 1.06. The van der Waals surface area contributed by atoms with Crippen molar-refractivity contribution in [3.05, 3.63) is 18.2 Å². The van der Waals surface area contributed by atoms with Gasteiger partial charge < -0.3 is 10.1 Å². The Kier molecular flexibility index (Phi) is 1.08. The molecule has 1 aliphatic carbocycles. The van der Waals surface area contributed by atoms with Gasteiger partial charge in [-0.05, 0) is 12.8 Å². The van der Waals surface area contributed by atoms with E-state index in [0.717, 1.165) is 25.0 Å². The Hall–Kier alpha value is -0.830. The lowest BCUT2D eigenvalue weighted by molar-refractivity contribution is 0.150. The van der Waals surface area contributed by atoms with Crippen LogP contribution in [0.4, 0.5) is 0 Å². The summed E-state index contributed by atoms with van der Waals surface area (Å²) in [7, 11) is 0. The average Bonchev–Trinajstić information content (AvgIpc) is 2.47. The van der Waals surface area contributed by atoms with Crippen molar-refractivity contribution in [3.8, 4) is 0 Å². The van der Waals surface area contributed by atoms with E-state index in [9.17, 15) is 5.11 Å². The first-order chi connectivity index (χ1) is 4.79. The average molecular weight is 138 g/mol. The van der Waals surface area contributed by atoms with E-state index in [0.29, 0.717) is 0 Å². The number of nitrogens with zero attached hydrogens (tertiary/aromatic N) is 1. The summed E-state index contributed by atoms with van der Waals surface area (Å²) >= 11 is 0. The zero-order valence-corrected chi connectivity index (χ0v) is 5.67. The first-order valence-corrected chi connectivity index (χ1v) is 3.48. The van der Waals surface area contributed by atoms with Crippen LogP contribution >= 0.6 is 0 Å². The SMILES string of the molecule is OC1(Cc2cnc[nH]2)CC1. The third kappa shape index (κ3) is 1.04. The number of imidazole rings is 1. The number of aromatic amines is 1. The predicted octanol–water partition coefficient (Wildman–Crippen LogP) is 0.477. The fourth-order valence-corrected chi connectivity index (χ4v) is 1.06. The van der Waals surface area contributed by atoms with Gasteiger partial charge in [-0.3, -0.25) is 0 Å². The number of hydrogen-bond acceptors (Lipinski definition) is 2. The smallest absolute Gasteiger partial charge is 0.0921 e. The van der Waals surface area contributed by atoms with Crippen molar-refractivity contribution in [2.75, 3.05) is 0 Å². The van der Waals surface area contributed by atoms with Gasteiger partial charge in [0.15, 0.2) is 0 Å². The monoisotopic (exact) mass is 138 g/mol. The quantitative estimate of drug-likeness (QED) is 0.624. The van der Waals surface area contributed by atoms with E-state index in [1.54, 1.807) is 12.5 Å². The van der Waals surface area contributed by atoms with E-state index < -0.39 is 5.60 Å². The van der Waals surface area contributed by atoms with Crippen molar-refractivity contribution in [2.24, 2.45) is 0 Å². The normalized spacial score (nSPS) is 20.9. The Morgan fingerprint density at radius 2 is 2.50 bits per heavy atom. The van der Waals surface area contributed by atoms with Crippen molar-refractivity contribution in [3.63, 3.8) is 0 Å². The lowest BCUT2D eigenvalue weighted by atomic mass is 10.2. The molecule has 1 aliphatic rings. The number of hydrogen-bond donors (Lipinski definition) is 2. The topological polar surface area (TPSA) is 48.9 Å². The highest BCUT2D eigenvalue weighted by Crippen LogP contribution is 2.37. The number of H-pyrrole nitrogens is 1. The molecule has 1 saturated carbocycles. The molecular weight excluding hydrogens is 128 g/mol. The van der Waals surface area contributed by atoms with Gasteiger partial charge in [-0.1, -0.05) is 0 Å². The molecule has 0 atom stereocenters. The zero-order valence-electron chi connectivity index (χ0n) is 5.67. The minimum Gasteiger partial charge on any atom is -0.389 e. The molecule has 2 N–H and O–H groups in total. The molecule has 0 amide bonds. The molecule has 1 fully saturated rings.